The maximum Gasteiger partial charge on any atom is 0.535 e. The molecule has 0 atom stereocenters. The molecule has 0 aliphatic carbocycles. The topological polar surface area (TPSA) is 3.88 Å². The second kappa shape index (κ2) is 4.85. The zero-order chi connectivity index (χ0) is 9.68. The third-order valence-electron chi connectivity index (χ3n) is 1.82. The van der Waals surface area contributed by atoms with Crippen LogP contribution in [0.5, 0.6) is 0 Å². The quantitative estimate of drug-likeness (QED) is 0.616. The van der Waals surface area contributed by atoms with E-state index in [0.717, 1.165) is 0 Å². The fourth-order valence-electron chi connectivity index (χ4n) is 1.07. The van der Waals surface area contributed by atoms with Crippen molar-refractivity contribution in [1.29, 1.82) is 0 Å². The Hall–Kier alpha value is -1.05. The summed E-state index contributed by atoms with van der Waals surface area (Å²) in [7, 11) is 2.03. The highest BCUT2D eigenvalue weighted by molar-refractivity contribution is 6.21. The Labute approximate surface area is 81.4 Å². The molecule has 1 aromatic heterocycles. The lowest BCUT2D eigenvalue weighted by Crippen LogP contribution is -2.37. The first-order valence-corrected chi connectivity index (χ1v) is 4.71. The van der Waals surface area contributed by atoms with Gasteiger partial charge in [-0.2, -0.15) is 0 Å². The number of hydrogen-bond donors (Lipinski definition) is 0. The molecule has 1 radical (unpaired) electrons. The predicted octanol–water partition coefficient (Wildman–Crippen LogP) is 2.16. The smallest absolute Gasteiger partial charge is 0.291 e. The van der Waals surface area contributed by atoms with Crippen molar-refractivity contribution in [3.05, 3.63) is 36.2 Å². The molecule has 0 spiro atoms. The fraction of sp³-hybridized carbons (Fsp3) is 0.364. The number of allylic oxidation sites excluding steroid dienone is 1. The molecule has 1 rings (SSSR count). The molecule has 0 amide bonds. The minimum Gasteiger partial charge on any atom is -0.291 e. The van der Waals surface area contributed by atoms with Gasteiger partial charge < -0.3 is 0 Å². The largest absolute Gasteiger partial charge is 0.535 e. The number of aromatic nitrogens is 1. The Bertz CT molecular complexity index is 292. The van der Waals surface area contributed by atoms with Gasteiger partial charge in [0.25, 0.3) is 0 Å². The van der Waals surface area contributed by atoms with E-state index in [1.807, 2.05) is 20.4 Å². The van der Waals surface area contributed by atoms with Gasteiger partial charge in [-0.25, -0.2) is 0 Å². The molecule has 1 heterocycles. The van der Waals surface area contributed by atoms with Gasteiger partial charge in [0.15, 0.2) is 6.20 Å². The van der Waals surface area contributed by atoms with E-state index >= 15 is 0 Å². The van der Waals surface area contributed by atoms with Crippen LogP contribution in [0.1, 0.15) is 19.4 Å². The first kappa shape index (κ1) is 10.0. The summed E-state index contributed by atoms with van der Waals surface area (Å²) < 4.78 is 2.06. The maximum absolute atomic E-state index is 2.20. The summed E-state index contributed by atoms with van der Waals surface area (Å²) in [5, 5.41) is 0. The lowest BCUT2D eigenvalue weighted by atomic mass is 9.99. The van der Waals surface area contributed by atoms with Crippen molar-refractivity contribution in [3.63, 3.8) is 0 Å². The van der Waals surface area contributed by atoms with Crippen LogP contribution in [0.3, 0.4) is 0 Å². The van der Waals surface area contributed by atoms with Gasteiger partial charge in [-0.1, -0.05) is 26.0 Å². The normalized spacial score (nSPS) is 11.1. The Morgan fingerprint density at radius 3 is 2.85 bits per heavy atom. The zero-order valence-corrected chi connectivity index (χ0v) is 8.57. The third-order valence-corrected chi connectivity index (χ3v) is 1.82. The Morgan fingerprint density at radius 1 is 1.46 bits per heavy atom. The van der Waals surface area contributed by atoms with Crippen LogP contribution in [0.4, 0.5) is 0 Å². The van der Waals surface area contributed by atoms with Gasteiger partial charge in [0.2, 0.25) is 0 Å². The lowest BCUT2D eigenvalue weighted by molar-refractivity contribution is -0.529. The first-order valence-electron chi connectivity index (χ1n) is 4.71. The van der Waals surface area contributed by atoms with E-state index in [9.17, 15) is 0 Å². The van der Waals surface area contributed by atoms with E-state index in [1.165, 1.54) is 5.56 Å². The van der Waals surface area contributed by atoms with E-state index in [1.54, 1.807) is 0 Å². The van der Waals surface area contributed by atoms with Gasteiger partial charge in [-0.05, 0) is 18.8 Å². The molecule has 0 saturated heterocycles. The van der Waals surface area contributed by atoms with E-state index < -0.39 is 0 Å². The molecular formula is C11H16BN+. The average molecular weight is 173 g/mol. The summed E-state index contributed by atoms with van der Waals surface area (Å²) in [4.78, 5) is 0. The molecule has 67 valence electrons. The van der Waals surface area contributed by atoms with Gasteiger partial charge in [0.05, 0.1) is 0 Å². The first-order chi connectivity index (χ1) is 6.22. The van der Waals surface area contributed by atoms with Crippen LogP contribution in [-0.4, -0.2) is 7.41 Å². The minimum atomic E-state index is 0.610. The predicted molar refractivity (Wildman–Crippen MR) is 57.5 cm³/mol. The lowest BCUT2D eigenvalue weighted by Gasteiger charge is -1.95. The van der Waals surface area contributed by atoms with Crippen LogP contribution in [0.25, 0.3) is 6.08 Å². The summed E-state index contributed by atoms with van der Waals surface area (Å²) in [5.74, 6) is 0.610. The molecule has 0 fully saturated rings. The van der Waals surface area contributed by atoms with Crippen molar-refractivity contribution in [2.45, 2.75) is 20.7 Å². The summed E-state index contributed by atoms with van der Waals surface area (Å²) in [5.41, 5.74) is 1.24. The van der Waals surface area contributed by atoms with Crippen molar-refractivity contribution in [3.8, 4) is 0 Å². The van der Waals surface area contributed by atoms with Crippen molar-refractivity contribution in [2.75, 3.05) is 0 Å². The average Bonchev–Trinajstić information content (AvgIpc) is 2.15. The highest BCUT2D eigenvalue weighted by Crippen LogP contribution is 2.01. The summed E-state index contributed by atoms with van der Waals surface area (Å²) in [6.45, 7) is 6.38. The Kier molecular flexibility index (Phi) is 3.75. The molecule has 2 heteroatoms. The van der Waals surface area contributed by atoms with Crippen molar-refractivity contribution >= 4 is 13.5 Å². The zero-order valence-electron chi connectivity index (χ0n) is 8.57. The Balaban J connectivity index is 2.77. The fourth-order valence-corrected chi connectivity index (χ4v) is 1.07. The van der Waals surface area contributed by atoms with Gasteiger partial charge in [0, 0.05) is 11.6 Å². The van der Waals surface area contributed by atoms with E-state index in [4.69, 9.17) is 0 Å². The van der Waals surface area contributed by atoms with Gasteiger partial charge in [-0.3, -0.25) is 4.48 Å². The van der Waals surface area contributed by atoms with Gasteiger partial charge in [0.1, 0.15) is 6.20 Å². The minimum absolute atomic E-state index is 0.610. The standard InChI is InChI=1S/C11H16BN/c1-10(2)6-7-11-5-4-8-13(9-11)12-3/h4-10H,1-3H3/q+1/b7-6+. The highest BCUT2D eigenvalue weighted by Gasteiger charge is 1.99. The monoisotopic (exact) mass is 173 g/mol. The highest BCUT2D eigenvalue weighted by atomic mass is 14.8. The van der Waals surface area contributed by atoms with Crippen LogP contribution in [0.15, 0.2) is 30.6 Å². The van der Waals surface area contributed by atoms with E-state index in [2.05, 4.69) is 48.8 Å². The summed E-state index contributed by atoms with van der Waals surface area (Å²) in [6, 6.07) is 4.17. The van der Waals surface area contributed by atoms with Crippen LogP contribution < -0.4 is 4.48 Å². The second-order valence-corrected chi connectivity index (χ2v) is 3.45. The van der Waals surface area contributed by atoms with Crippen molar-refractivity contribution < 1.29 is 4.48 Å². The van der Waals surface area contributed by atoms with Gasteiger partial charge in [-0.15, -0.1) is 0 Å². The number of rotatable bonds is 3. The molecule has 0 aliphatic heterocycles. The van der Waals surface area contributed by atoms with E-state index in [-0.39, 0.29) is 0 Å². The molecule has 0 aromatic carbocycles. The molecule has 0 N–H and O–H groups in total. The molecule has 0 unspecified atom stereocenters. The summed E-state index contributed by atoms with van der Waals surface area (Å²) >= 11 is 0. The molecule has 1 aromatic rings. The summed E-state index contributed by atoms with van der Waals surface area (Å²) in [6.07, 6.45) is 8.51. The molecule has 0 saturated carbocycles. The van der Waals surface area contributed by atoms with Crippen LogP contribution in [0.2, 0.25) is 6.82 Å². The van der Waals surface area contributed by atoms with Crippen LogP contribution in [-0.2, 0) is 0 Å². The molecule has 1 nitrogen and oxygen atoms in total. The molecule has 0 aliphatic rings. The van der Waals surface area contributed by atoms with Crippen LogP contribution in [0, 0.1) is 5.92 Å². The number of hydrogen-bond acceptors (Lipinski definition) is 0. The SMILES string of the molecule is C[B][n+]1cccc(/C=C/C(C)C)c1. The molecular weight excluding hydrogens is 157 g/mol. The molecule has 13 heavy (non-hydrogen) atoms. The van der Waals surface area contributed by atoms with Gasteiger partial charge >= 0.3 is 7.41 Å². The second-order valence-electron chi connectivity index (χ2n) is 3.45. The third kappa shape index (κ3) is 3.45. The number of nitrogens with zero attached hydrogens (tertiary/aromatic N) is 1. The maximum atomic E-state index is 2.20. The Morgan fingerprint density at radius 2 is 2.23 bits per heavy atom. The van der Waals surface area contributed by atoms with Crippen LogP contribution >= 0.6 is 0 Å². The number of pyridine rings is 1. The van der Waals surface area contributed by atoms with Crippen molar-refractivity contribution in [1.82, 2.24) is 0 Å². The molecule has 0 bridgehead atoms. The van der Waals surface area contributed by atoms with E-state index in [0.29, 0.717) is 5.92 Å². The van der Waals surface area contributed by atoms with Crippen molar-refractivity contribution in [2.24, 2.45) is 5.92 Å².